The van der Waals surface area contributed by atoms with Gasteiger partial charge >= 0.3 is 0 Å². The fourth-order valence-electron chi connectivity index (χ4n) is 2.00. The van der Waals surface area contributed by atoms with Gasteiger partial charge in [-0.25, -0.2) is 15.4 Å². The largest absolute Gasteiger partial charge is 0.245 e. The van der Waals surface area contributed by atoms with Gasteiger partial charge in [0.25, 0.3) is 0 Å². The summed E-state index contributed by atoms with van der Waals surface area (Å²) in [5.74, 6) is 0.532. The second-order valence-electron chi connectivity index (χ2n) is 3.90. The molecule has 1 N–H and O–H groups in total. The first-order chi connectivity index (χ1) is 8.43. The summed E-state index contributed by atoms with van der Waals surface area (Å²) in [6.45, 7) is 0. The number of aryl methyl sites for hydroxylation is 1. The van der Waals surface area contributed by atoms with E-state index in [9.17, 15) is 0 Å². The van der Waals surface area contributed by atoms with Crippen molar-refractivity contribution in [2.75, 3.05) is 5.43 Å². The van der Waals surface area contributed by atoms with E-state index < -0.39 is 0 Å². The number of hydrazone groups is 1. The van der Waals surface area contributed by atoms with Crippen molar-refractivity contribution < 1.29 is 0 Å². The number of nitrogens with zero attached hydrogens (tertiary/aromatic N) is 3. The van der Waals surface area contributed by atoms with Crippen molar-refractivity contribution in [1.82, 2.24) is 9.97 Å². The zero-order valence-corrected chi connectivity index (χ0v) is 10.5. The van der Waals surface area contributed by atoms with E-state index in [-0.39, 0.29) is 12.4 Å². The van der Waals surface area contributed by atoms with E-state index in [2.05, 4.69) is 38.7 Å². The Kier molecular flexibility index (Phi) is 3.89. The molecule has 2 aromatic rings. The highest BCUT2D eigenvalue weighted by molar-refractivity contribution is 6.04. The maximum absolute atomic E-state index is 4.38. The monoisotopic (exact) mass is 260 g/mol. The van der Waals surface area contributed by atoms with Crippen molar-refractivity contribution in [1.29, 1.82) is 0 Å². The molecule has 92 valence electrons. The van der Waals surface area contributed by atoms with E-state index in [1.54, 1.807) is 18.5 Å². The Labute approximate surface area is 112 Å². The molecule has 0 radical (unpaired) electrons. The molecule has 1 aromatic carbocycles. The molecule has 0 aliphatic heterocycles. The van der Waals surface area contributed by atoms with Crippen LogP contribution in [-0.4, -0.2) is 15.7 Å². The fourth-order valence-corrected chi connectivity index (χ4v) is 2.00. The van der Waals surface area contributed by atoms with Crippen LogP contribution in [0.1, 0.15) is 17.5 Å². The lowest BCUT2D eigenvalue weighted by Crippen LogP contribution is -2.01. The molecule has 1 aliphatic carbocycles. The number of nitrogens with one attached hydrogen (secondary N) is 1. The molecule has 0 amide bonds. The molecule has 18 heavy (non-hydrogen) atoms. The number of hydrogen-bond acceptors (Lipinski definition) is 4. The second-order valence-corrected chi connectivity index (χ2v) is 3.90. The summed E-state index contributed by atoms with van der Waals surface area (Å²) in [5.41, 5.74) is 6.57. The van der Waals surface area contributed by atoms with Gasteiger partial charge in [-0.1, -0.05) is 24.3 Å². The zero-order chi connectivity index (χ0) is 11.5. The molecule has 0 spiro atoms. The van der Waals surface area contributed by atoms with E-state index in [4.69, 9.17) is 0 Å². The minimum atomic E-state index is 0. The van der Waals surface area contributed by atoms with Crippen LogP contribution in [0.4, 0.5) is 5.95 Å². The number of aromatic nitrogens is 2. The molecule has 1 heterocycles. The van der Waals surface area contributed by atoms with Gasteiger partial charge in [0.2, 0.25) is 5.95 Å². The minimum absolute atomic E-state index is 0. The van der Waals surface area contributed by atoms with E-state index in [1.165, 1.54) is 11.1 Å². The lowest BCUT2D eigenvalue weighted by molar-refractivity contribution is 1.07. The molecule has 3 rings (SSSR count). The standard InChI is InChI=1S/C13H12N4.ClH/c1-2-5-11-10(4-1)6-7-12(11)16-17-13-14-8-3-9-15-13;/h1-5,8-9H,6-7H2,(H,14,15,17);1H/b16-12-;. The number of halogens is 1. The molecule has 0 fully saturated rings. The Balaban J connectivity index is 0.00000120. The van der Waals surface area contributed by atoms with Gasteiger partial charge in [-0.3, -0.25) is 0 Å². The SMILES string of the molecule is Cl.c1cnc(N/N=C2/CCc3ccccc32)nc1. The Morgan fingerprint density at radius 3 is 2.61 bits per heavy atom. The normalized spacial score (nSPS) is 15.0. The molecule has 1 aromatic heterocycles. The van der Waals surface area contributed by atoms with Gasteiger partial charge in [0, 0.05) is 18.0 Å². The number of rotatable bonds is 2. The Morgan fingerprint density at radius 1 is 1.00 bits per heavy atom. The van der Waals surface area contributed by atoms with Crippen LogP contribution in [0.3, 0.4) is 0 Å². The van der Waals surface area contributed by atoms with Crippen molar-refractivity contribution in [2.45, 2.75) is 12.8 Å². The molecule has 0 unspecified atom stereocenters. The maximum Gasteiger partial charge on any atom is 0.243 e. The third-order valence-corrected chi connectivity index (χ3v) is 2.82. The Morgan fingerprint density at radius 2 is 1.78 bits per heavy atom. The van der Waals surface area contributed by atoms with Crippen LogP contribution in [-0.2, 0) is 6.42 Å². The topological polar surface area (TPSA) is 50.2 Å². The number of hydrogen-bond donors (Lipinski definition) is 1. The smallest absolute Gasteiger partial charge is 0.243 e. The van der Waals surface area contributed by atoms with E-state index in [0.29, 0.717) is 5.95 Å². The molecular weight excluding hydrogens is 248 g/mol. The van der Waals surface area contributed by atoms with Gasteiger partial charge in [0.1, 0.15) is 0 Å². The molecule has 0 atom stereocenters. The highest BCUT2D eigenvalue weighted by Gasteiger charge is 2.16. The summed E-state index contributed by atoms with van der Waals surface area (Å²) in [6.07, 6.45) is 5.42. The predicted octanol–water partition coefficient (Wildman–Crippen LogP) is 2.66. The molecule has 1 aliphatic rings. The summed E-state index contributed by atoms with van der Waals surface area (Å²) in [5, 5.41) is 4.38. The first-order valence-electron chi connectivity index (χ1n) is 5.61. The van der Waals surface area contributed by atoms with Gasteiger partial charge in [0.15, 0.2) is 0 Å². The Hall–Kier alpha value is -1.94. The summed E-state index contributed by atoms with van der Waals surface area (Å²) in [6, 6.07) is 10.1. The summed E-state index contributed by atoms with van der Waals surface area (Å²) in [4.78, 5) is 8.13. The van der Waals surface area contributed by atoms with Crippen molar-refractivity contribution in [3.8, 4) is 0 Å². The zero-order valence-electron chi connectivity index (χ0n) is 9.71. The van der Waals surface area contributed by atoms with Crippen LogP contribution < -0.4 is 5.43 Å². The molecule has 0 bridgehead atoms. The van der Waals surface area contributed by atoms with Gasteiger partial charge in [0.05, 0.1) is 5.71 Å². The molecular formula is C13H13ClN4. The molecule has 4 nitrogen and oxygen atoms in total. The summed E-state index contributed by atoms with van der Waals surface area (Å²) in [7, 11) is 0. The van der Waals surface area contributed by atoms with Crippen LogP contribution in [0, 0.1) is 0 Å². The van der Waals surface area contributed by atoms with Crippen LogP contribution in [0.2, 0.25) is 0 Å². The first-order valence-corrected chi connectivity index (χ1v) is 5.61. The van der Waals surface area contributed by atoms with Gasteiger partial charge < -0.3 is 0 Å². The van der Waals surface area contributed by atoms with E-state index >= 15 is 0 Å². The third-order valence-electron chi connectivity index (χ3n) is 2.82. The highest BCUT2D eigenvalue weighted by atomic mass is 35.5. The first kappa shape index (κ1) is 12.5. The number of anilines is 1. The van der Waals surface area contributed by atoms with Crippen LogP contribution in [0.15, 0.2) is 47.8 Å². The third kappa shape index (κ3) is 2.49. The summed E-state index contributed by atoms with van der Waals surface area (Å²) < 4.78 is 0. The number of fused-ring (bicyclic) bond motifs is 1. The Bertz CT molecular complexity index is 554. The molecule has 0 saturated carbocycles. The molecule has 5 heteroatoms. The highest BCUT2D eigenvalue weighted by Crippen LogP contribution is 2.21. The predicted molar refractivity (Wildman–Crippen MR) is 74.2 cm³/mol. The fraction of sp³-hybridized carbons (Fsp3) is 0.154. The van der Waals surface area contributed by atoms with Crippen LogP contribution >= 0.6 is 12.4 Å². The van der Waals surface area contributed by atoms with Crippen molar-refractivity contribution in [2.24, 2.45) is 5.10 Å². The van der Waals surface area contributed by atoms with Gasteiger partial charge in [-0.05, 0) is 24.5 Å². The van der Waals surface area contributed by atoms with E-state index in [0.717, 1.165) is 18.6 Å². The van der Waals surface area contributed by atoms with E-state index in [1.807, 2.05) is 6.07 Å². The minimum Gasteiger partial charge on any atom is -0.245 e. The lowest BCUT2D eigenvalue weighted by Gasteiger charge is -2.01. The average molecular weight is 261 g/mol. The number of benzene rings is 1. The lowest BCUT2D eigenvalue weighted by atomic mass is 10.1. The van der Waals surface area contributed by atoms with Crippen LogP contribution in [0.25, 0.3) is 0 Å². The maximum atomic E-state index is 4.38. The quantitative estimate of drug-likeness (QED) is 0.845. The molecule has 0 saturated heterocycles. The van der Waals surface area contributed by atoms with Crippen molar-refractivity contribution >= 4 is 24.1 Å². The summed E-state index contributed by atoms with van der Waals surface area (Å²) >= 11 is 0. The second kappa shape index (κ2) is 5.60. The van der Waals surface area contributed by atoms with Crippen LogP contribution in [0.5, 0.6) is 0 Å². The average Bonchev–Trinajstić information content (AvgIpc) is 2.81. The van der Waals surface area contributed by atoms with Gasteiger partial charge in [-0.15, -0.1) is 12.4 Å². The van der Waals surface area contributed by atoms with Crippen molar-refractivity contribution in [3.05, 3.63) is 53.9 Å². The van der Waals surface area contributed by atoms with Crippen molar-refractivity contribution in [3.63, 3.8) is 0 Å². The van der Waals surface area contributed by atoms with Gasteiger partial charge in [-0.2, -0.15) is 5.10 Å².